The highest BCUT2D eigenvalue weighted by Gasteiger charge is 2.64. The molecular weight excluding hydrogens is 519 g/mol. The Kier molecular flexibility index (Phi) is 6.60. The van der Waals surface area contributed by atoms with Crippen molar-refractivity contribution in [2.75, 3.05) is 18.1 Å². The number of amides is 1. The largest absolute Gasteiger partial charge is 0.476 e. The molecule has 0 spiro atoms. The quantitative estimate of drug-likeness (QED) is 0.405. The van der Waals surface area contributed by atoms with Crippen LogP contribution in [0.25, 0.3) is 5.82 Å². The monoisotopic (exact) mass is 549 g/mol. The molecule has 2 fully saturated rings. The molecular formula is C25H30F3N7O2S. The first-order valence-corrected chi connectivity index (χ1v) is 13.2. The molecule has 1 saturated heterocycles. The Morgan fingerprint density at radius 2 is 2.03 bits per heavy atom. The minimum atomic E-state index is -4.29. The van der Waals surface area contributed by atoms with Crippen molar-refractivity contribution in [1.82, 2.24) is 29.3 Å². The highest BCUT2D eigenvalue weighted by atomic mass is 32.2. The third-order valence-corrected chi connectivity index (χ3v) is 7.86. The third-order valence-electron chi connectivity index (χ3n) is 7.13. The predicted octanol–water partition coefficient (Wildman–Crippen LogP) is 4.78. The van der Waals surface area contributed by atoms with Gasteiger partial charge in [0.05, 0.1) is 16.7 Å². The number of nitrogens with one attached hydrogen (secondary N) is 1. The number of ether oxygens (including phenoxy) is 1. The van der Waals surface area contributed by atoms with Gasteiger partial charge >= 0.3 is 6.18 Å². The second kappa shape index (κ2) is 9.51. The van der Waals surface area contributed by atoms with E-state index < -0.39 is 18.2 Å². The number of hydrogen-bond donors (Lipinski definition) is 1. The molecule has 38 heavy (non-hydrogen) atoms. The molecule has 2 aliphatic rings. The molecule has 204 valence electrons. The van der Waals surface area contributed by atoms with Crippen LogP contribution in [0.2, 0.25) is 0 Å². The lowest BCUT2D eigenvalue weighted by atomic mass is 9.97. The number of aryl methyl sites for hydroxylation is 1. The predicted molar refractivity (Wildman–Crippen MR) is 136 cm³/mol. The van der Waals surface area contributed by atoms with Crippen LogP contribution < -0.4 is 14.4 Å². The average molecular weight is 550 g/mol. The van der Waals surface area contributed by atoms with Gasteiger partial charge in [0.1, 0.15) is 17.8 Å². The maximum Gasteiger partial charge on any atom is 0.397 e. The molecule has 1 atom stereocenters. The molecule has 1 aliphatic carbocycles. The molecule has 0 bridgehead atoms. The summed E-state index contributed by atoms with van der Waals surface area (Å²) in [6.45, 7) is 6.66. The number of alkyl halides is 3. The second-order valence-corrected chi connectivity index (χ2v) is 11.7. The molecule has 1 unspecified atom stereocenters. The fraction of sp³-hybridized carbons (Fsp3) is 0.520. The lowest BCUT2D eigenvalue weighted by molar-refractivity contribution is -0.194. The summed E-state index contributed by atoms with van der Waals surface area (Å²) in [6, 6.07) is 4.87. The molecule has 13 heteroatoms. The lowest BCUT2D eigenvalue weighted by Crippen LogP contribution is -2.40. The van der Waals surface area contributed by atoms with Gasteiger partial charge in [-0.15, -0.1) is 5.10 Å². The van der Waals surface area contributed by atoms with Crippen molar-refractivity contribution in [3.63, 3.8) is 0 Å². The standard InChI is InChI=1S/C25H30F3N7O2S/c1-16-11-23(2,3)34(13-16)21-18(22(36)32-38-17-12-29-33(4)14-17)5-6-19(30-21)35-10-7-20(31-35)37-15-24(8-9-24)25(26,27)28/h5-7,10,12,14,16H,8-9,11,13,15H2,1-4H3,(H,32,36). The Morgan fingerprint density at radius 3 is 2.63 bits per heavy atom. The summed E-state index contributed by atoms with van der Waals surface area (Å²) in [5.74, 6) is 1.15. The number of halogens is 3. The minimum Gasteiger partial charge on any atom is -0.476 e. The van der Waals surface area contributed by atoms with Gasteiger partial charge < -0.3 is 9.64 Å². The van der Waals surface area contributed by atoms with Crippen LogP contribution in [0.15, 0.2) is 41.7 Å². The Bertz CT molecular complexity index is 1330. The van der Waals surface area contributed by atoms with E-state index in [4.69, 9.17) is 9.72 Å². The van der Waals surface area contributed by atoms with E-state index in [2.05, 4.69) is 40.6 Å². The summed E-state index contributed by atoms with van der Waals surface area (Å²) in [5, 5.41) is 8.41. The van der Waals surface area contributed by atoms with Gasteiger partial charge in [0.25, 0.3) is 5.91 Å². The lowest BCUT2D eigenvalue weighted by Gasteiger charge is -2.34. The van der Waals surface area contributed by atoms with Gasteiger partial charge in [0, 0.05) is 37.6 Å². The molecule has 0 radical (unpaired) electrons. The minimum absolute atomic E-state index is 0.0642. The molecule has 1 aliphatic heterocycles. The number of anilines is 1. The van der Waals surface area contributed by atoms with Crippen molar-refractivity contribution in [1.29, 1.82) is 0 Å². The van der Waals surface area contributed by atoms with E-state index in [1.807, 2.05) is 0 Å². The van der Waals surface area contributed by atoms with Gasteiger partial charge in [0.2, 0.25) is 5.88 Å². The zero-order valence-corrected chi connectivity index (χ0v) is 22.4. The van der Waals surface area contributed by atoms with Crippen molar-refractivity contribution < 1.29 is 22.7 Å². The van der Waals surface area contributed by atoms with Gasteiger partial charge in [-0.05, 0) is 63.1 Å². The van der Waals surface area contributed by atoms with Crippen molar-refractivity contribution in [2.24, 2.45) is 18.4 Å². The summed E-state index contributed by atoms with van der Waals surface area (Å²) < 4.78 is 51.1. The van der Waals surface area contributed by atoms with Crippen LogP contribution in [0.5, 0.6) is 5.88 Å². The molecule has 4 heterocycles. The van der Waals surface area contributed by atoms with Crippen LogP contribution in [0.4, 0.5) is 19.0 Å². The van der Waals surface area contributed by atoms with Crippen molar-refractivity contribution >= 4 is 23.7 Å². The summed E-state index contributed by atoms with van der Waals surface area (Å²) in [6.07, 6.45) is 1.82. The molecule has 3 aromatic rings. The Labute approximate surface area is 222 Å². The Balaban J connectivity index is 1.39. The van der Waals surface area contributed by atoms with Crippen molar-refractivity contribution in [2.45, 2.75) is 56.6 Å². The molecule has 5 rings (SSSR count). The first-order valence-electron chi connectivity index (χ1n) is 12.4. The number of carbonyl (C=O) groups is 1. The van der Waals surface area contributed by atoms with Crippen LogP contribution in [0.3, 0.4) is 0 Å². The van der Waals surface area contributed by atoms with Gasteiger partial charge in [-0.1, -0.05) is 6.92 Å². The van der Waals surface area contributed by atoms with Crippen LogP contribution >= 0.6 is 11.9 Å². The topological polar surface area (TPSA) is 90.1 Å². The number of nitrogens with zero attached hydrogens (tertiary/aromatic N) is 6. The molecule has 1 saturated carbocycles. The molecule has 1 amide bonds. The Hall–Kier alpha value is -3.22. The highest BCUT2D eigenvalue weighted by Crippen LogP contribution is 2.57. The van der Waals surface area contributed by atoms with Gasteiger partial charge in [-0.2, -0.15) is 18.3 Å². The van der Waals surface area contributed by atoms with E-state index in [1.165, 1.54) is 22.7 Å². The fourth-order valence-corrected chi connectivity index (χ4v) is 5.53. The average Bonchev–Trinajstić information content (AvgIpc) is 3.17. The molecule has 1 N–H and O–H groups in total. The van der Waals surface area contributed by atoms with Crippen LogP contribution in [-0.2, 0) is 7.05 Å². The van der Waals surface area contributed by atoms with Crippen molar-refractivity contribution in [3.05, 3.63) is 42.4 Å². The summed E-state index contributed by atoms with van der Waals surface area (Å²) in [7, 11) is 1.80. The zero-order chi connectivity index (χ0) is 27.3. The van der Waals surface area contributed by atoms with Gasteiger partial charge in [0.15, 0.2) is 5.82 Å². The molecule has 3 aromatic heterocycles. The van der Waals surface area contributed by atoms with Gasteiger partial charge in [-0.25, -0.2) is 9.67 Å². The number of rotatable bonds is 8. The summed E-state index contributed by atoms with van der Waals surface area (Å²) in [5.41, 5.74) is -1.59. The van der Waals surface area contributed by atoms with Crippen molar-refractivity contribution in [3.8, 4) is 11.7 Å². The van der Waals surface area contributed by atoms with Gasteiger partial charge in [-0.3, -0.25) is 14.2 Å². The van der Waals surface area contributed by atoms with E-state index >= 15 is 0 Å². The number of carbonyl (C=O) groups excluding carboxylic acids is 1. The van der Waals surface area contributed by atoms with Crippen LogP contribution in [-0.4, -0.2) is 55.3 Å². The first-order chi connectivity index (χ1) is 17.9. The summed E-state index contributed by atoms with van der Waals surface area (Å²) >= 11 is 1.17. The zero-order valence-electron chi connectivity index (χ0n) is 21.6. The number of hydrogen-bond acceptors (Lipinski definition) is 7. The van der Waals surface area contributed by atoms with Crippen LogP contribution in [0, 0.1) is 11.3 Å². The second-order valence-electron chi connectivity index (χ2n) is 10.8. The maximum atomic E-state index is 13.3. The number of aromatic nitrogens is 5. The fourth-order valence-electron chi connectivity index (χ4n) is 4.90. The highest BCUT2D eigenvalue weighted by molar-refractivity contribution is 7.98. The normalized spacial score (nSPS) is 20.0. The third kappa shape index (κ3) is 5.20. The van der Waals surface area contributed by atoms with E-state index in [1.54, 1.807) is 42.5 Å². The SMILES string of the molecule is CC1CN(c2nc(-n3ccc(OCC4(C(F)(F)F)CC4)n3)ccc2C(=O)NSc2cnn(C)c2)C(C)(C)C1. The van der Waals surface area contributed by atoms with E-state index in [0.29, 0.717) is 23.1 Å². The van der Waals surface area contributed by atoms with E-state index in [9.17, 15) is 18.0 Å². The Morgan fingerprint density at radius 1 is 1.26 bits per heavy atom. The number of pyridine rings is 1. The molecule has 0 aromatic carbocycles. The van der Waals surface area contributed by atoms with Crippen LogP contribution in [0.1, 0.15) is 50.4 Å². The molecule has 9 nitrogen and oxygen atoms in total. The smallest absolute Gasteiger partial charge is 0.397 e. The first kappa shape index (κ1) is 26.4. The maximum absolute atomic E-state index is 13.3. The summed E-state index contributed by atoms with van der Waals surface area (Å²) in [4.78, 5) is 21.0. The van der Waals surface area contributed by atoms with E-state index in [-0.39, 0.29) is 30.2 Å². The van der Waals surface area contributed by atoms with E-state index in [0.717, 1.165) is 17.9 Å².